The molecule has 5 atom stereocenters. The van der Waals surface area contributed by atoms with Crippen molar-refractivity contribution in [1.29, 1.82) is 5.26 Å². The molecule has 1 aromatic carbocycles. The first-order chi connectivity index (χ1) is 16.2. The second kappa shape index (κ2) is 9.49. The monoisotopic (exact) mass is 462 g/mol. The van der Waals surface area contributed by atoms with E-state index in [1.807, 2.05) is 49.1 Å². The Kier molecular flexibility index (Phi) is 6.65. The lowest BCUT2D eigenvalue weighted by atomic mass is 9.83. The van der Waals surface area contributed by atoms with Crippen LogP contribution < -0.4 is 15.5 Å². The third-order valence-corrected chi connectivity index (χ3v) is 7.30. The Balaban J connectivity index is 1.60. The van der Waals surface area contributed by atoms with Gasteiger partial charge in [-0.15, -0.1) is 0 Å². The molecule has 8 nitrogen and oxygen atoms in total. The Morgan fingerprint density at radius 1 is 1.26 bits per heavy atom. The minimum atomic E-state index is -0.375. The number of carbonyl (C=O) groups excluding carboxylic acids is 2. The van der Waals surface area contributed by atoms with Gasteiger partial charge in [-0.2, -0.15) is 10.4 Å². The average molecular weight is 463 g/mol. The standard InChI is InChI=1S/C26H34N6O2/c1-15(2)32-26-22(14-29-32)20(11-23(31(26)5)19-8-6-18(12-27)7-9-19)24(33)28-13-21-16(3)10-17(4)30-25(21)34/h6-9,14-17,20-21,23H,10-11,13H2,1-5H3,(H,28,33)(H,30,34). The van der Waals surface area contributed by atoms with Crippen LogP contribution in [0.25, 0.3) is 0 Å². The van der Waals surface area contributed by atoms with Crippen LogP contribution in [0.1, 0.15) is 75.2 Å². The first-order valence-electron chi connectivity index (χ1n) is 12.1. The molecule has 2 N–H and O–H groups in total. The summed E-state index contributed by atoms with van der Waals surface area (Å²) in [6, 6.07) is 10.00. The quantitative estimate of drug-likeness (QED) is 0.710. The molecule has 0 bridgehead atoms. The van der Waals surface area contributed by atoms with Crippen LogP contribution in [0, 0.1) is 23.2 Å². The molecular weight excluding hydrogens is 428 g/mol. The molecule has 1 aromatic heterocycles. The highest BCUT2D eigenvalue weighted by Crippen LogP contribution is 2.45. The first kappa shape index (κ1) is 23.8. The first-order valence-corrected chi connectivity index (χ1v) is 12.1. The number of hydrogen-bond acceptors (Lipinski definition) is 5. The van der Waals surface area contributed by atoms with Gasteiger partial charge in [-0.25, -0.2) is 4.68 Å². The van der Waals surface area contributed by atoms with Gasteiger partial charge in [-0.05, 0) is 57.2 Å². The second-order valence-corrected chi connectivity index (χ2v) is 10.1. The zero-order valence-electron chi connectivity index (χ0n) is 20.6. The lowest BCUT2D eigenvalue weighted by Gasteiger charge is -2.39. The topological polar surface area (TPSA) is 103 Å². The van der Waals surface area contributed by atoms with Gasteiger partial charge < -0.3 is 15.5 Å². The Hall–Kier alpha value is -3.34. The molecule has 0 saturated carbocycles. The Bertz CT molecular complexity index is 1100. The van der Waals surface area contributed by atoms with Crippen molar-refractivity contribution >= 4 is 17.6 Å². The minimum Gasteiger partial charge on any atom is -0.355 e. The SMILES string of the molecule is CC1CC(C)C(CNC(=O)C2CC(c3ccc(C#N)cc3)N(C)c3c2cnn3C(C)C)C(=O)N1. The number of nitrogens with one attached hydrogen (secondary N) is 2. The van der Waals surface area contributed by atoms with Gasteiger partial charge in [0.25, 0.3) is 0 Å². The van der Waals surface area contributed by atoms with Gasteiger partial charge in [-0.3, -0.25) is 9.59 Å². The number of hydrogen-bond donors (Lipinski definition) is 2. The third-order valence-electron chi connectivity index (χ3n) is 7.30. The minimum absolute atomic E-state index is 0.0127. The average Bonchev–Trinajstić information content (AvgIpc) is 3.25. The van der Waals surface area contributed by atoms with Crippen LogP contribution in [-0.2, 0) is 9.59 Å². The maximum atomic E-state index is 13.5. The highest BCUT2D eigenvalue weighted by molar-refractivity contribution is 5.87. The predicted octanol–water partition coefficient (Wildman–Crippen LogP) is 3.28. The van der Waals surface area contributed by atoms with E-state index in [4.69, 9.17) is 0 Å². The van der Waals surface area contributed by atoms with Crippen molar-refractivity contribution in [3.63, 3.8) is 0 Å². The highest BCUT2D eigenvalue weighted by atomic mass is 16.2. The van der Waals surface area contributed by atoms with Crippen molar-refractivity contribution in [3.8, 4) is 6.07 Å². The summed E-state index contributed by atoms with van der Waals surface area (Å²) in [5, 5.41) is 19.9. The number of benzene rings is 1. The number of rotatable bonds is 5. The molecule has 0 spiro atoms. The van der Waals surface area contributed by atoms with Crippen molar-refractivity contribution in [2.75, 3.05) is 18.5 Å². The fourth-order valence-corrected chi connectivity index (χ4v) is 5.42. The maximum Gasteiger partial charge on any atom is 0.227 e. The van der Waals surface area contributed by atoms with E-state index in [-0.39, 0.29) is 47.7 Å². The number of fused-ring (bicyclic) bond motifs is 1. The molecule has 8 heteroatoms. The molecule has 34 heavy (non-hydrogen) atoms. The number of aromatic nitrogens is 2. The fourth-order valence-electron chi connectivity index (χ4n) is 5.42. The molecule has 2 aromatic rings. The zero-order chi connectivity index (χ0) is 24.6. The van der Waals surface area contributed by atoms with Gasteiger partial charge in [-0.1, -0.05) is 19.1 Å². The molecule has 1 fully saturated rings. The van der Waals surface area contributed by atoms with E-state index in [9.17, 15) is 14.9 Å². The molecule has 5 unspecified atom stereocenters. The number of carbonyl (C=O) groups is 2. The van der Waals surface area contributed by atoms with Crippen molar-refractivity contribution in [2.45, 2.75) is 64.6 Å². The number of piperidine rings is 1. The molecule has 4 rings (SSSR count). The van der Waals surface area contributed by atoms with Crippen molar-refractivity contribution in [1.82, 2.24) is 20.4 Å². The van der Waals surface area contributed by atoms with Crippen molar-refractivity contribution in [2.24, 2.45) is 11.8 Å². The van der Waals surface area contributed by atoms with Crippen LogP contribution in [0.2, 0.25) is 0 Å². The molecule has 180 valence electrons. The lowest BCUT2D eigenvalue weighted by Crippen LogP contribution is -2.51. The Labute approximate surface area is 201 Å². The summed E-state index contributed by atoms with van der Waals surface area (Å²) >= 11 is 0. The summed E-state index contributed by atoms with van der Waals surface area (Å²) in [4.78, 5) is 28.2. The number of anilines is 1. The van der Waals surface area contributed by atoms with Gasteiger partial charge >= 0.3 is 0 Å². The summed E-state index contributed by atoms with van der Waals surface area (Å²) in [5.41, 5.74) is 2.57. The van der Waals surface area contributed by atoms with E-state index >= 15 is 0 Å². The van der Waals surface area contributed by atoms with Gasteiger partial charge in [0.1, 0.15) is 5.82 Å². The number of nitrogens with zero attached hydrogens (tertiary/aromatic N) is 4. The van der Waals surface area contributed by atoms with Crippen LogP contribution in [-0.4, -0.2) is 41.2 Å². The largest absolute Gasteiger partial charge is 0.355 e. The third kappa shape index (κ3) is 4.39. The normalized spacial score (nSPS) is 26.6. The number of amides is 2. The van der Waals surface area contributed by atoms with Crippen molar-refractivity contribution < 1.29 is 9.59 Å². The second-order valence-electron chi connectivity index (χ2n) is 10.1. The van der Waals surface area contributed by atoms with Crippen LogP contribution in [0.5, 0.6) is 0 Å². The van der Waals surface area contributed by atoms with E-state index in [2.05, 4.69) is 47.5 Å². The van der Waals surface area contributed by atoms with Gasteiger partial charge in [0.2, 0.25) is 11.8 Å². The summed E-state index contributed by atoms with van der Waals surface area (Å²) in [7, 11) is 2.03. The van der Waals surface area contributed by atoms with E-state index in [0.29, 0.717) is 18.5 Å². The lowest BCUT2D eigenvalue weighted by molar-refractivity contribution is -0.130. The molecule has 2 aliphatic rings. The smallest absolute Gasteiger partial charge is 0.227 e. The molecule has 2 amide bonds. The molecule has 0 radical (unpaired) electrons. The van der Waals surface area contributed by atoms with Gasteiger partial charge in [0.15, 0.2) is 0 Å². The molecule has 1 saturated heterocycles. The Morgan fingerprint density at radius 3 is 2.59 bits per heavy atom. The van der Waals surface area contributed by atoms with Gasteiger partial charge in [0.05, 0.1) is 35.7 Å². The van der Waals surface area contributed by atoms with Crippen LogP contribution in [0.3, 0.4) is 0 Å². The molecule has 0 aliphatic carbocycles. The van der Waals surface area contributed by atoms with E-state index in [1.54, 1.807) is 0 Å². The van der Waals surface area contributed by atoms with E-state index in [0.717, 1.165) is 23.4 Å². The highest BCUT2D eigenvalue weighted by Gasteiger charge is 2.39. The fraction of sp³-hybridized carbons (Fsp3) is 0.538. The predicted molar refractivity (Wildman–Crippen MR) is 130 cm³/mol. The number of nitriles is 1. The van der Waals surface area contributed by atoms with E-state index < -0.39 is 0 Å². The summed E-state index contributed by atoms with van der Waals surface area (Å²) in [6.45, 7) is 8.57. The van der Waals surface area contributed by atoms with Crippen LogP contribution in [0.15, 0.2) is 30.5 Å². The van der Waals surface area contributed by atoms with Crippen molar-refractivity contribution in [3.05, 3.63) is 47.2 Å². The van der Waals surface area contributed by atoms with Crippen LogP contribution >= 0.6 is 0 Å². The summed E-state index contributed by atoms with van der Waals surface area (Å²) in [6.07, 6.45) is 3.31. The Morgan fingerprint density at radius 2 is 1.97 bits per heavy atom. The molecule has 3 heterocycles. The summed E-state index contributed by atoms with van der Waals surface area (Å²) in [5.74, 6) is 0.494. The van der Waals surface area contributed by atoms with E-state index in [1.165, 1.54) is 0 Å². The summed E-state index contributed by atoms with van der Waals surface area (Å²) < 4.78 is 1.96. The molecular formula is C26H34N6O2. The zero-order valence-corrected chi connectivity index (χ0v) is 20.6. The van der Waals surface area contributed by atoms with Crippen LogP contribution in [0.4, 0.5) is 5.82 Å². The molecule has 2 aliphatic heterocycles. The van der Waals surface area contributed by atoms with Gasteiger partial charge in [0, 0.05) is 31.2 Å². The maximum absolute atomic E-state index is 13.5.